The number of carbonyl (C=O) groups excluding carboxylic acids is 1. The van der Waals surface area contributed by atoms with Gasteiger partial charge in [0.05, 0.1) is 17.9 Å². The number of halogens is 1. The number of nitrogens with zero attached hydrogens (tertiary/aromatic N) is 5. The van der Waals surface area contributed by atoms with Gasteiger partial charge < -0.3 is 14.7 Å². The maximum Gasteiger partial charge on any atom is 0.222 e. The Kier molecular flexibility index (Phi) is 7.24. The molecule has 4 rings (SSSR count). The lowest BCUT2D eigenvalue weighted by atomic mass is 10.0. The predicted molar refractivity (Wildman–Crippen MR) is 118 cm³/mol. The van der Waals surface area contributed by atoms with E-state index in [-0.39, 0.29) is 11.7 Å². The average Bonchev–Trinajstić information content (AvgIpc) is 2.79. The number of anilines is 2. The van der Waals surface area contributed by atoms with Gasteiger partial charge in [-0.15, -0.1) is 0 Å². The molecule has 162 valence electrons. The highest BCUT2D eigenvalue weighted by atomic mass is 19.1. The first-order valence-corrected chi connectivity index (χ1v) is 10.9. The highest BCUT2D eigenvalue weighted by Gasteiger charge is 2.28. The van der Waals surface area contributed by atoms with E-state index in [1.165, 1.54) is 6.07 Å². The van der Waals surface area contributed by atoms with Crippen LogP contribution < -0.4 is 9.80 Å². The zero-order valence-electron chi connectivity index (χ0n) is 18.5. The topological polar surface area (TPSA) is 52.6 Å². The fraction of sp³-hybridized carbons (Fsp3) is 0.522. The molecular formula is C23H32FN5O. The number of hydrogen-bond donors (Lipinski definition) is 0. The van der Waals surface area contributed by atoms with Gasteiger partial charge in [-0.3, -0.25) is 4.79 Å². The summed E-state index contributed by atoms with van der Waals surface area (Å²) in [6, 6.07) is 5.20. The Labute approximate surface area is 178 Å². The molecule has 30 heavy (non-hydrogen) atoms. The maximum absolute atomic E-state index is 14.4. The van der Waals surface area contributed by atoms with Crippen LogP contribution in [0.2, 0.25) is 0 Å². The molecule has 1 fully saturated rings. The standard InChI is InChI=1S/C21H26FN5O.C2H6/c1-3-19(28)25-9-11-26(12-10-25)21-16-7-8-27(13-18(16)23-14-24-21)20-15(2)5-4-6-17(20)22;1-2/h4-6,14H,3,7-13H2,1-2H3;1-2H3. The van der Waals surface area contributed by atoms with Crippen LogP contribution in [-0.2, 0) is 17.8 Å². The number of hydrogen-bond acceptors (Lipinski definition) is 5. The van der Waals surface area contributed by atoms with Gasteiger partial charge in [-0.05, 0) is 25.0 Å². The minimum Gasteiger partial charge on any atom is -0.363 e. The smallest absolute Gasteiger partial charge is 0.222 e. The largest absolute Gasteiger partial charge is 0.363 e. The number of para-hydroxylation sites is 1. The van der Waals surface area contributed by atoms with E-state index in [1.54, 1.807) is 12.4 Å². The molecule has 0 atom stereocenters. The zero-order chi connectivity index (χ0) is 21.7. The van der Waals surface area contributed by atoms with Gasteiger partial charge >= 0.3 is 0 Å². The Morgan fingerprint density at radius 3 is 2.47 bits per heavy atom. The molecule has 6 nitrogen and oxygen atoms in total. The molecule has 0 radical (unpaired) electrons. The van der Waals surface area contributed by atoms with Gasteiger partial charge in [0.15, 0.2) is 0 Å². The molecule has 0 unspecified atom stereocenters. The van der Waals surface area contributed by atoms with Crippen LogP contribution in [0.4, 0.5) is 15.9 Å². The lowest BCUT2D eigenvalue weighted by Gasteiger charge is -2.38. The second-order valence-corrected chi connectivity index (χ2v) is 7.42. The summed E-state index contributed by atoms with van der Waals surface area (Å²) in [6.07, 6.45) is 2.94. The Morgan fingerprint density at radius 2 is 1.80 bits per heavy atom. The third kappa shape index (κ3) is 4.40. The first kappa shape index (κ1) is 22.0. The van der Waals surface area contributed by atoms with E-state index in [1.807, 2.05) is 38.7 Å². The van der Waals surface area contributed by atoms with E-state index in [0.717, 1.165) is 61.8 Å². The summed E-state index contributed by atoms with van der Waals surface area (Å²) in [5.74, 6) is 0.994. The summed E-state index contributed by atoms with van der Waals surface area (Å²) in [6.45, 7) is 12.2. The second kappa shape index (κ2) is 9.87. The second-order valence-electron chi connectivity index (χ2n) is 7.42. The van der Waals surface area contributed by atoms with Crippen molar-refractivity contribution in [2.75, 3.05) is 42.5 Å². The molecule has 0 bridgehead atoms. The molecule has 1 saturated heterocycles. The van der Waals surface area contributed by atoms with E-state index in [9.17, 15) is 9.18 Å². The highest BCUT2D eigenvalue weighted by Crippen LogP contribution is 2.31. The summed E-state index contributed by atoms with van der Waals surface area (Å²) < 4.78 is 14.4. The van der Waals surface area contributed by atoms with Gasteiger partial charge in [-0.2, -0.15) is 0 Å². The molecular weight excluding hydrogens is 381 g/mol. The molecule has 2 aliphatic rings. The molecule has 1 aromatic carbocycles. The van der Waals surface area contributed by atoms with Gasteiger partial charge in [0, 0.05) is 44.7 Å². The molecule has 0 saturated carbocycles. The number of aryl methyl sites for hydroxylation is 1. The van der Waals surface area contributed by atoms with Crippen molar-refractivity contribution in [3.8, 4) is 0 Å². The minimum absolute atomic E-state index is 0.186. The van der Waals surface area contributed by atoms with Crippen molar-refractivity contribution in [3.63, 3.8) is 0 Å². The van der Waals surface area contributed by atoms with Crippen molar-refractivity contribution < 1.29 is 9.18 Å². The van der Waals surface area contributed by atoms with Gasteiger partial charge in [-0.25, -0.2) is 14.4 Å². The minimum atomic E-state index is -0.186. The van der Waals surface area contributed by atoms with E-state index >= 15 is 0 Å². The molecule has 3 heterocycles. The van der Waals surface area contributed by atoms with E-state index in [4.69, 9.17) is 0 Å². The number of carbonyl (C=O) groups is 1. The normalized spacial score (nSPS) is 16.0. The molecule has 1 aromatic heterocycles. The Bertz CT molecular complexity index is 860. The van der Waals surface area contributed by atoms with Crippen molar-refractivity contribution in [1.29, 1.82) is 0 Å². The van der Waals surface area contributed by atoms with Crippen LogP contribution in [0, 0.1) is 12.7 Å². The van der Waals surface area contributed by atoms with Crippen LogP contribution in [0.5, 0.6) is 0 Å². The lowest BCUT2D eigenvalue weighted by Crippen LogP contribution is -2.49. The number of piperazine rings is 1. The molecule has 7 heteroatoms. The molecule has 0 aliphatic carbocycles. The quantitative estimate of drug-likeness (QED) is 0.770. The van der Waals surface area contributed by atoms with Crippen molar-refractivity contribution >= 4 is 17.4 Å². The number of aromatic nitrogens is 2. The van der Waals surface area contributed by atoms with Crippen molar-refractivity contribution in [2.45, 2.75) is 47.1 Å². The summed E-state index contributed by atoms with van der Waals surface area (Å²) in [4.78, 5) is 27.2. The van der Waals surface area contributed by atoms with Gasteiger partial charge in [0.1, 0.15) is 18.0 Å². The van der Waals surface area contributed by atoms with Gasteiger partial charge in [-0.1, -0.05) is 32.9 Å². The van der Waals surface area contributed by atoms with Crippen molar-refractivity contribution in [3.05, 3.63) is 47.2 Å². The Balaban J connectivity index is 0.00000124. The first-order chi connectivity index (χ1) is 14.6. The third-order valence-corrected chi connectivity index (χ3v) is 5.72. The SMILES string of the molecule is CC.CCC(=O)N1CCN(c2ncnc3c2CCN(c2c(C)cccc2F)C3)CC1. The summed E-state index contributed by atoms with van der Waals surface area (Å²) >= 11 is 0. The molecule has 2 aliphatic heterocycles. The molecule has 1 amide bonds. The van der Waals surface area contributed by atoms with Crippen LogP contribution in [0.3, 0.4) is 0 Å². The number of fused-ring (bicyclic) bond motifs is 1. The molecule has 2 aromatic rings. The highest BCUT2D eigenvalue weighted by molar-refractivity contribution is 5.76. The van der Waals surface area contributed by atoms with Crippen LogP contribution in [0.15, 0.2) is 24.5 Å². The monoisotopic (exact) mass is 413 g/mol. The van der Waals surface area contributed by atoms with E-state index in [2.05, 4.69) is 19.8 Å². The fourth-order valence-electron chi connectivity index (χ4n) is 4.22. The number of amides is 1. The maximum atomic E-state index is 14.4. The number of benzene rings is 1. The summed E-state index contributed by atoms with van der Waals surface area (Å²) in [7, 11) is 0. The van der Waals surface area contributed by atoms with Gasteiger partial charge in [0.25, 0.3) is 0 Å². The third-order valence-electron chi connectivity index (χ3n) is 5.72. The summed E-state index contributed by atoms with van der Waals surface area (Å²) in [5.41, 5.74) is 3.73. The van der Waals surface area contributed by atoms with Crippen LogP contribution in [0.25, 0.3) is 0 Å². The fourth-order valence-corrected chi connectivity index (χ4v) is 4.22. The van der Waals surface area contributed by atoms with E-state index < -0.39 is 0 Å². The van der Waals surface area contributed by atoms with Gasteiger partial charge in [0.2, 0.25) is 5.91 Å². The van der Waals surface area contributed by atoms with E-state index in [0.29, 0.717) is 18.7 Å². The number of rotatable bonds is 3. The van der Waals surface area contributed by atoms with Crippen LogP contribution >= 0.6 is 0 Å². The molecule has 0 N–H and O–H groups in total. The van der Waals surface area contributed by atoms with Crippen LogP contribution in [-0.4, -0.2) is 53.5 Å². The zero-order valence-corrected chi connectivity index (χ0v) is 18.5. The van der Waals surface area contributed by atoms with Crippen molar-refractivity contribution in [1.82, 2.24) is 14.9 Å². The first-order valence-electron chi connectivity index (χ1n) is 10.9. The van der Waals surface area contributed by atoms with Crippen molar-refractivity contribution in [2.24, 2.45) is 0 Å². The van der Waals surface area contributed by atoms with Crippen LogP contribution in [0.1, 0.15) is 44.0 Å². The Morgan fingerprint density at radius 1 is 1.07 bits per heavy atom. The predicted octanol–water partition coefficient (Wildman–Crippen LogP) is 3.57. The lowest BCUT2D eigenvalue weighted by molar-refractivity contribution is -0.131. The molecule has 0 spiro atoms. The summed E-state index contributed by atoms with van der Waals surface area (Å²) in [5, 5.41) is 0. The Hall–Kier alpha value is -2.70. The average molecular weight is 414 g/mol.